The van der Waals surface area contributed by atoms with Crippen molar-refractivity contribution in [3.63, 3.8) is 0 Å². The third-order valence-electron chi connectivity index (χ3n) is 2.43. The van der Waals surface area contributed by atoms with Gasteiger partial charge in [0.15, 0.2) is 0 Å². The van der Waals surface area contributed by atoms with Gasteiger partial charge in [0.2, 0.25) is 0 Å². The Morgan fingerprint density at radius 1 is 1.44 bits per heavy atom. The molecule has 0 fully saturated rings. The molecule has 0 saturated heterocycles. The van der Waals surface area contributed by atoms with Crippen LogP contribution in [-0.2, 0) is 11.2 Å². The minimum absolute atomic E-state index is 0. The summed E-state index contributed by atoms with van der Waals surface area (Å²) < 4.78 is 0. The molecule has 0 bridgehead atoms. The van der Waals surface area contributed by atoms with Crippen molar-refractivity contribution in [2.24, 2.45) is 5.73 Å². The van der Waals surface area contributed by atoms with Gasteiger partial charge in [-0.05, 0) is 11.6 Å². The van der Waals surface area contributed by atoms with E-state index in [2.05, 4.69) is 4.98 Å². The average molecular weight is 246 g/mol. The second-order valence-corrected chi connectivity index (χ2v) is 3.51. The molecular weight excluding hydrogens is 232 g/mol. The molecule has 1 atom stereocenters. The van der Waals surface area contributed by atoms with Crippen LogP contribution >= 0.6 is 0 Å². The van der Waals surface area contributed by atoms with E-state index in [4.69, 9.17) is 10.8 Å². The van der Waals surface area contributed by atoms with Crippen LogP contribution in [0.3, 0.4) is 0 Å². The van der Waals surface area contributed by atoms with Crippen LogP contribution in [0.5, 0.6) is 0 Å². The number of para-hydroxylation sites is 1. The number of benzene rings is 1. The fraction of sp³-hybridized carbons (Fsp3) is 0.182. The topological polar surface area (TPSA) is 79.1 Å². The fourth-order valence-electron chi connectivity index (χ4n) is 1.62. The molecule has 82 valence electrons. The van der Waals surface area contributed by atoms with Gasteiger partial charge in [0, 0.05) is 23.5 Å². The molecule has 4 nitrogen and oxygen atoms in total. The summed E-state index contributed by atoms with van der Waals surface area (Å²) in [5.41, 5.74) is 7.43. The summed E-state index contributed by atoms with van der Waals surface area (Å²) in [6.45, 7) is 0. The molecule has 0 amide bonds. The Balaban J connectivity index is 0.00000128. The maximum absolute atomic E-state index is 10.6. The molecule has 16 heavy (non-hydrogen) atoms. The van der Waals surface area contributed by atoms with E-state index in [1.807, 2.05) is 30.5 Å². The zero-order chi connectivity index (χ0) is 10.8. The van der Waals surface area contributed by atoms with Crippen molar-refractivity contribution in [2.75, 3.05) is 0 Å². The van der Waals surface area contributed by atoms with E-state index in [0.29, 0.717) is 6.42 Å². The van der Waals surface area contributed by atoms with Gasteiger partial charge < -0.3 is 15.8 Å². The van der Waals surface area contributed by atoms with Gasteiger partial charge in [-0.2, -0.15) is 0 Å². The van der Waals surface area contributed by atoms with Gasteiger partial charge in [-0.3, -0.25) is 4.79 Å². The van der Waals surface area contributed by atoms with E-state index in [1.54, 1.807) is 0 Å². The summed E-state index contributed by atoms with van der Waals surface area (Å²) in [6, 6.07) is 6.91. The van der Waals surface area contributed by atoms with Crippen LogP contribution in [0.1, 0.15) is 5.56 Å². The van der Waals surface area contributed by atoms with Crippen molar-refractivity contribution in [3.8, 4) is 0 Å². The Kier molecular flexibility index (Phi) is 4.80. The average Bonchev–Trinajstić information content (AvgIpc) is 2.62. The van der Waals surface area contributed by atoms with E-state index in [9.17, 15) is 4.79 Å². The monoisotopic (exact) mass is 246 g/mol. The molecule has 0 radical (unpaired) electrons. The molecule has 0 aliphatic rings. The van der Waals surface area contributed by atoms with Crippen molar-refractivity contribution in [2.45, 2.75) is 12.5 Å². The van der Waals surface area contributed by atoms with E-state index in [0.717, 1.165) is 16.5 Å². The van der Waals surface area contributed by atoms with Crippen molar-refractivity contribution >= 4 is 54.6 Å². The van der Waals surface area contributed by atoms with Crippen LogP contribution in [0.2, 0.25) is 0 Å². The molecule has 0 aliphatic heterocycles. The van der Waals surface area contributed by atoms with E-state index in [1.165, 1.54) is 0 Å². The molecule has 0 saturated carbocycles. The Labute approximate surface area is 123 Å². The number of rotatable bonds is 3. The van der Waals surface area contributed by atoms with Crippen LogP contribution in [0, 0.1) is 0 Å². The number of aromatic amines is 1. The molecule has 4 N–H and O–H groups in total. The zero-order valence-electron chi connectivity index (χ0n) is 8.10. The summed E-state index contributed by atoms with van der Waals surface area (Å²) in [4.78, 5) is 13.7. The predicted molar refractivity (Wildman–Crippen MR) is 66.2 cm³/mol. The molecule has 0 unspecified atom stereocenters. The number of carboxylic acids is 1. The van der Waals surface area contributed by atoms with Crippen molar-refractivity contribution < 1.29 is 9.90 Å². The van der Waals surface area contributed by atoms with Gasteiger partial charge >= 0.3 is 43.7 Å². The molecule has 2 aromatic rings. The first-order chi connectivity index (χ1) is 7.18. The molecule has 1 aromatic heterocycles. The maximum atomic E-state index is 10.6. The molecule has 1 aromatic carbocycles. The van der Waals surface area contributed by atoms with Crippen LogP contribution in [0.4, 0.5) is 0 Å². The van der Waals surface area contributed by atoms with Crippen molar-refractivity contribution in [3.05, 3.63) is 36.0 Å². The van der Waals surface area contributed by atoms with Crippen LogP contribution in [0.25, 0.3) is 10.9 Å². The molecule has 2 rings (SSSR count). The van der Waals surface area contributed by atoms with Gasteiger partial charge in [-0.15, -0.1) is 0 Å². The Morgan fingerprint density at radius 2 is 2.12 bits per heavy atom. The van der Waals surface area contributed by atoms with Gasteiger partial charge in [0.1, 0.15) is 6.04 Å². The molecule has 1 heterocycles. The number of fused-ring (bicyclic) bond motifs is 1. The van der Waals surface area contributed by atoms with Gasteiger partial charge in [-0.1, -0.05) is 18.2 Å². The second kappa shape index (κ2) is 5.68. The normalized spacial score (nSPS) is 12.1. The summed E-state index contributed by atoms with van der Waals surface area (Å²) in [7, 11) is 0. The first-order valence-electron chi connectivity index (χ1n) is 4.72. The number of aromatic nitrogens is 1. The summed E-state index contributed by atoms with van der Waals surface area (Å²) in [5.74, 6) is -0.972. The Hall–Kier alpha value is -0.550. The van der Waals surface area contributed by atoms with Gasteiger partial charge in [0.25, 0.3) is 0 Å². The standard InChI is InChI=1S/C11H12N2O2.Ca.2H/c12-9(11(14)15)5-7-6-13-10-4-2-1-3-8(7)10;;;/h1-4,6,9,13H,5,12H2,(H,14,15);;;/t9-;;;/m1.../s1. The van der Waals surface area contributed by atoms with Gasteiger partial charge in [0.05, 0.1) is 0 Å². The molecule has 0 aliphatic carbocycles. The van der Waals surface area contributed by atoms with Crippen LogP contribution < -0.4 is 5.73 Å². The second-order valence-electron chi connectivity index (χ2n) is 3.51. The summed E-state index contributed by atoms with van der Waals surface area (Å²) >= 11 is 0. The number of nitrogens with two attached hydrogens (primary N) is 1. The SMILES string of the molecule is N[C@H](Cc1c[nH]c2ccccc12)C(=O)O.[CaH2]. The zero-order valence-corrected chi connectivity index (χ0v) is 8.10. The van der Waals surface area contributed by atoms with Crippen molar-refractivity contribution in [1.82, 2.24) is 4.98 Å². The molecule has 5 heteroatoms. The number of hydrogen-bond acceptors (Lipinski definition) is 2. The minimum atomic E-state index is -0.972. The van der Waals surface area contributed by atoms with Crippen LogP contribution in [0.15, 0.2) is 30.5 Å². The third-order valence-corrected chi connectivity index (χ3v) is 2.43. The van der Waals surface area contributed by atoms with Crippen LogP contribution in [-0.4, -0.2) is 59.8 Å². The Bertz CT molecular complexity index is 495. The van der Waals surface area contributed by atoms with E-state index < -0.39 is 12.0 Å². The third kappa shape index (κ3) is 2.77. The quantitative estimate of drug-likeness (QED) is 0.677. The number of H-pyrrole nitrogens is 1. The first-order valence-corrected chi connectivity index (χ1v) is 4.72. The number of aliphatic carboxylic acids is 1. The summed E-state index contributed by atoms with van der Waals surface area (Å²) in [5, 5.41) is 9.75. The summed E-state index contributed by atoms with van der Waals surface area (Å²) in [6.07, 6.45) is 2.16. The Morgan fingerprint density at radius 3 is 2.81 bits per heavy atom. The van der Waals surface area contributed by atoms with E-state index in [-0.39, 0.29) is 37.7 Å². The van der Waals surface area contributed by atoms with Crippen molar-refractivity contribution in [1.29, 1.82) is 0 Å². The number of hydrogen-bond donors (Lipinski definition) is 3. The number of carboxylic acid groups (broad SMARTS) is 1. The number of nitrogens with one attached hydrogen (secondary N) is 1. The first kappa shape index (κ1) is 13.5. The predicted octanol–water partition coefficient (Wildman–Crippen LogP) is 0.206. The molecular formula is C11H14CaN2O2. The van der Waals surface area contributed by atoms with Gasteiger partial charge in [-0.25, -0.2) is 0 Å². The number of carbonyl (C=O) groups is 1. The fourth-order valence-corrected chi connectivity index (χ4v) is 1.62. The van der Waals surface area contributed by atoms with E-state index >= 15 is 0 Å². The molecule has 0 spiro atoms.